The molecule has 0 saturated heterocycles. The van der Waals surface area contributed by atoms with Crippen LogP contribution in [-0.2, 0) is 0 Å². The van der Waals surface area contributed by atoms with Crippen molar-refractivity contribution >= 4 is 17.2 Å². The first kappa shape index (κ1) is 12.8. The highest BCUT2D eigenvalue weighted by Crippen LogP contribution is 2.27. The summed E-state index contributed by atoms with van der Waals surface area (Å²) >= 11 is 1.69. The van der Waals surface area contributed by atoms with Crippen molar-refractivity contribution < 1.29 is 0 Å². The molecule has 3 nitrogen and oxygen atoms in total. The Morgan fingerprint density at radius 2 is 1.94 bits per heavy atom. The molecule has 18 heavy (non-hydrogen) atoms. The minimum absolute atomic E-state index is 0.0522. The van der Waals surface area contributed by atoms with Crippen molar-refractivity contribution in [2.75, 3.05) is 0 Å². The van der Waals surface area contributed by atoms with Crippen LogP contribution < -0.4 is 5.73 Å². The van der Waals surface area contributed by atoms with E-state index < -0.39 is 0 Å². The van der Waals surface area contributed by atoms with E-state index in [2.05, 4.69) is 16.9 Å². The van der Waals surface area contributed by atoms with Gasteiger partial charge in [-0.25, -0.2) is 4.98 Å². The summed E-state index contributed by atoms with van der Waals surface area (Å²) in [6.07, 6.45) is 0. The zero-order chi connectivity index (χ0) is 13.1. The molecule has 2 aromatic rings. The van der Waals surface area contributed by atoms with Gasteiger partial charge in [-0.05, 0) is 20.8 Å². The summed E-state index contributed by atoms with van der Waals surface area (Å²) in [4.78, 5) is 10.2. The Balaban J connectivity index is 2.25. The van der Waals surface area contributed by atoms with E-state index in [-0.39, 0.29) is 6.04 Å². The van der Waals surface area contributed by atoms with Crippen molar-refractivity contribution in [1.82, 2.24) is 4.98 Å². The van der Waals surface area contributed by atoms with Crippen molar-refractivity contribution in [3.05, 3.63) is 51.5 Å². The summed E-state index contributed by atoms with van der Waals surface area (Å²) in [6, 6.07) is 9.88. The zero-order valence-corrected chi connectivity index (χ0v) is 11.7. The third-order valence-electron chi connectivity index (χ3n) is 2.72. The highest BCUT2D eigenvalue weighted by molar-refractivity contribution is 7.11. The van der Waals surface area contributed by atoms with Gasteiger partial charge in [-0.3, -0.25) is 4.99 Å². The summed E-state index contributed by atoms with van der Waals surface area (Å²) in [5.74, 6) is 0.577. The molecule has 0 bridgehead atoms. The predicted octanol–water partition coefficient (Wildman–Crippen LogP) is 3.23. The molecule has 4 heteroatoms. The number of nitrogens with two attached hydrogens (primary N) is 1. The van der Waals surface area contributed by atoms with Gasteiger partial charge in [0.1, 0.15) is 5.84 Å². The van der Waals surface area contributed by atoms with Crippen LogP contribution in [0.3, 0.4) is 0 Å². The third kappa shape index (κ3) is 2.76. The number of benzene rings is 1. The number of rotatable bonds is 3. The summed E-state index contributed by atoms with van der Waals surface area (Å²) in [7, 11) is 0. The lowest BCUT2D eigenvalue weighted by Crippen LogP contribution is -2.14. The molecule has 1 heterocycles. The molecule has 94 valence electrons. The summed E-state index contributed by atoms with van der Waals surface area (Å²) < 4.78 is 0. The van der Waals surface area contributed by atoms with Gasteiger partial charge in [-0.15, -0.1) is 11.3 Å². The molecule has 0 saturated carbocycles. The monoisotopic (exact) mass is 259 g/mol. The highest BCUT2D eigenvalue weighted by Gasteiger charge is 2.12. The van der Waals surface area contributed by atoms with Crippen LogP contribution in [0.4, 0.5) is 0 Å². The summed E-state index contributed by atoms with van der Waals surface area (Å²) in [5, 5.41) is 1.07. The van der Waals surface area contributed by atoms with Gasteiger partial charge in [0.2, 0.25) is 0 Å². The smallest absolute Gasteiger partial charge is 0.126 e. The third-order valence-corrected chi connectivity index (χ3v) is 3.96. The number of amidine groups is 1. The first-order valence-electron chi connectivity index (χ1n) is 5.90. The van der Waals surface area contributed by atoms with E-state index in [0.29, 0.717) is 5.84 Å². The minimum atomic E-state index is 0.0522. The average molecular weight is 259 g/mol. The molecule has 0 radical (unpaired) electrons. The second-order valence-corrected chi connectivity index (χ2v) is 5.47. The van der Waals surface area contributed by atoms with Crippen LogP contribution in [0.1, 0.15) is 34.1 Å². The van der Waals surface area contributed by atoms with E-state index in [1.807, 2.05) is 44.2 Å². The van der Waals surface area contributed by atoms with Crippen molar-refractivity contribution in [3.8, 4) is 0 Å². The van der Waals surface area contributed by atoms with Crippen LogP contribution in [0.2, 0.25) is 0 Å². The van der Waals surface area contributed by atoms with Gasteiger partial charge in [0, 0.05) is 5.56 Å². The van der Waals surface area contributed by atoms with E-state index >= 15 is 0 Å². The number of thiazole rings is 1. The summed E-state index contributed by atoms with van der Waals surface area (Å²) in [5.41, 5.74) is 8.04. The average Bonchev–Trinajstić information content (AvgIpc) is 2.69. The fourth-order valence-corrected chi connectivity index (χ4v) is 2.80. The zero-order valence-electron chi connectivity index (χ0n) is 10.8. The largest absolute Gasteiger partial charge is 0.383 e. The summed E-state index contributed by atoms with van der Waals surface area (Å²) in [6.45, 7) is 6.08. The molecule has 0 fully saturated rings. The molecule has 0 aliphatic carbocycles. The molecule has 1 atom stereocenters. The molecular formula is C14H17N3S. The Morgan fingerprint density at radius 1 is 1.28 bits per heavy atom. The Morgan fingerprint density at radius 3 is 2.50 bits per heavy atom. The molecule has 2 N–H and O–H groups in total. The van der Waals surface area contributed by atoms with Crippen molar-refractivity contribution in [2.24, 2.45) is 10.7 Å². The maximum absolute atomic E-state index is 6.02. The molecule has 1 unspecified atom stereocenters. The first-order chi connectivity index (χ1) is 8.58. The number of hydrogen-bond donors (Lipinski definition) is 1. The lowest BCUT2D eigenvalue weighted by atomic mass is 10.2. The number of aliphatic imine (C=N–C) groups is 1. The number of aryl methyl sites for hydroxylation is 2. The van der Waals surface area contributed by atoms with Crippen LogP contribution >= 0.6 is 11.3 Å². The Hall–Kier alpha value is -1.68. The number of aromatic nitrogens is 1. The normalized spacial score (nSPS) is 13.6. The van der Waals surface area contributed by atoms with Gasteiger partial charge in [0.05, 0.1) is 21.6 Å². The molecular weight excluding hydrogens is 242 g/mol. The SMILES string of the molecule is Cc1nc(C)c(C(C)N=C(N)c2ccccc2)s1. The molecule has 0 aliphatic heterocycles. The van der Waals surface area contributed by atoms with Crippen LogP contribution in [0.5, 0.6) is 0 Å². The molecule has 1 aromatic carbocycles. The predicted molar refractivity (Wildman–Crippen MR) is 77.2 cm³/mol. The van der Waals surface area contributed by atoms with Gasteiger partial charge in [0.25, 0.3) is 0 Å². The van der Waals surface area contributed by atoms with Crippen molar-refractivity contribution in [2.45, 2.75) is 26.8 Å². The highest BCUT2D eigenvalue weighted by atomic mass is 32.1. The molecule has 1 aromatic heterocycles. The van der Waals surface area contributed by atoms with Gasteiger partial charge < -0.3 is 5.73 Å². The Kier molecular flexibility index (Phi) is 3.77. The fraction of sp³-hybridized carbons (Fsp3) is 0.286. The van der Waals surface area contributed by atoms with E-state index in [1.165, 1.54) is 4.88 Å². The number of nitrogens with zero attached hydrogens (tertiary/aromatic N) is 2. The van der Waals surface area contributed by atoms with E-state index in [1.54, 1.807) is 11.3 Å². The van der Waals surface area contributed by atoms with Gasteiger partial charge in [0.15, 0.2) is 0 Å². The quantitative estimate of drug-likeness (QED) is 0.679. The van der Waals surface area contributed by atoms with Crippen LogP contribution in [0, 0.1) is 13.8 Å². The van der Waals surface area contributed by atoms with Crippen LogP contribution in [0.15, 0.2) is 35.3 Å². The van der Waals surface area contributed by atoms with Gasteiger partial charge >= 0.3 is 0 Å². The number of hydrogen-bond acceptors (Lipinski definition) is 3. The Bertz CT molecular complexity index is 558. The standard InChI is InChI=1S/C14H17N3S/c1-9-13(18-11(3)16-9)10(2)17-14(15)12-7-5-4-6-8-12/h4-8,10H,1-3H3,(H2,15,17). The molecule has 0 amide bonds. The van der Waals surface area contributed by atoms with Crippen LogP contribution in [0.25, 0.3) is 0 Å². The van der Waals surface area contributed by atoms with Crippen LogP contribution in [-0.4, -0.2) is 10.8 Å². The molecule has 0 aliphatic rings. The van der Waals surface area contributed by atoms with Gasteiger partial charge in [-0.2, -0.15) is 0 Å². The van der Waals surface area contributed by atoms with E-state index in [4.69, 9.17) is 5.73 Å². The lowest BCUT2D eigenvalue weighted by Gasteiger charge is -2.07. The Labute approximate surface area is 111 Å². The second kappa shape index (κ2) is 5.31. The minimum Gasteiger partial charge on any atom is -0.383 e. The topological polar surface area (TPSA) is 51.3 Å². The maximum Gasteiger partial charge on any atom is 0.126 e. The van der Waals surface area contributed by atoms with Gasteiger partial charge in [-0.1, -0.05) is 30.3 Å². The molecule has 0 spiro atoms. The van der Waals surface area contributed by atoms with Crippen molar-refractivity contribution in [3.63, 3.8) is 0 Å². The first-order valence-corrected chi connectivity index (χ1v) is 6.72. The van der Waals surface area contributed by atoms with E-state index in [9.17, 15) is 0 Å². The van der Waals surface area contributed by atoms with E-state index in [0.717, 1.165) is 16.3 Å². The second-order valence-electron chi connectivity index (χ2n) is 4.24. The molecule has 2 rings (SSSR count). The maximum atomic E-state index is 6.02. The fourth-order valence-electron chi connectivity index (χ4n) is 1.89. The lowest BCUT2D eigenvalue weighted by molar-refractivity contribution is 0.825. The van der Waals surface area contributed by atoms with Crippen molar-refractivity contribution in [1.29, 1.82) is 0 Å².